The van der Waals surface area contributed by atoms with Crippen LogP contribution in [-0.4, -0.2) is 0 Å². The molecule has 3 heterocycles. The molecule has 147 heavy (non-hydrogen) atoms. The van der Waals surface area contributed by atoms with Gasteiger partial charge in [-0.3, -0.25) is 0 Å². The molecule has 0 unspecified atom stereocenters. The first-order valence-corrected chi connectivity index (χ1v) is 51.5. The van der Waals surface area contributed by atoms with E-state index in [1.807, 2.05) is 12.1 Å². The maximum Gasteiger partial charge on any atom is 0.137 e. The number of para-hydroxylation sites is 3. The third-order valence-electron chi connectivity index (χ3n) is 32.9. The lowest BCUT2D eigenvalue weighted by Gasteiger charge is -2.31. The number of rotatable bonds is 13. The topological polar surface area (TPSA) is 49.1 Å². The highest BCUT2D eigenvalue weighted by Gasteiger charge is 2.44. The van der Waals surface area contributed by atoms with E-state index in [9.17, 15) is 0 Å². The van der Waals surface area contributed by atoms with Gasteiger partial charge in [0.15, 0.2) is 0 Å². The lowest BCUT2D eigenvalue weighted by molar-refractivity contribution is 0.660. The Kier molecular flexibility index (Phi) is 20.3. The Morgan fingerprint density at radius 1 is 0.150 bits per heavy atom. The minimum absolute atomic E-state index is 0.0392. The van der Waals surface area contributed by atoms with Gasteiger partial charge in [-0.15, -0.1) is 0 Å². The Balaban J connectivity index is 0.000000109. The van der Waals surface area contributed by atoms with Crippen molar-refractivity contribution in [1.82, 2.24) is 0 Å². The molecular formula is C141H107N3O3. The first kappa shape index (κ1) is 88.4. The molecule has 0 radical (unpaired) electrons. The second-order valence-corrected chi connectivity index (χ2v) is 42.8. The zero-order valence-corrected chi connectivity index (χ0v) is 84.0. The number of anilines is 9. The van der Waals surface area contributed by atoms with Gasteiger partial charge >= 0.3 is 0 Å². The molecule has 0 saturated heterocycles. The van der Waals surface area contributed by atoms with Gasteiger partial charge < -0.3 is 28.0 Å². The van der Waals surface area contributed by atoms with Crippen molar-refractivity contribution in [1.29, 1.82) is 0 Å². The van der Waals surface area contributed by atoms with E-state index < -0.39 is 0 Å². The first-order chi connectivity index (χ1) is 71.7. The van der Waals surface area contributed by atoms with Crippen molar-refractivity contribution in [2.75, 3.05) is 14.7 Å². The number of hydrogen-bond acceptors (Lipinski definition) is 6. The Hall–Kier alpha value is -17.6. The second-order valence-electron chi connectivity index (χ2n) is 42.8. The van der Waals surface area contributed by atoms with Crippen LogP contribution in [0.3, 0.4) is 0 Å². The van der Waals surface area contributed by atoms with Crippen molar-refractivity contribution in [2.45, 2.75) is 96.3 Å². The van der Waals surface area contributed by atoms with Gasteiger partial charge in [0, 0.05) is 77.0 Å². The molecule has 6 nitrogen and oxygen atoms in total. The summed E-state index contributed by atoms with van der Waals surface area (Å²) in [5, 5.41) is 6.73. The lowest BCUT2D eigenvalue weighted by atomic mass is 9.81. The van der Waals surface area contributed by atoms with Gasteiger partial charge in [0.2, 0.25) is 0 Å². The molecule has 5 aliphatic carbocycles. The molecule has 29 rings (SSSR count). The maximum absolute atomic E-state index is 6.47. The summed E-state index contributed by atoms with van der Waals surface area (Å²) >= 11 is 0. The molecule has 6 heteroatoms. The van der Waals surface area contributed by atoms with Gasteiger partial charge in [0.25, 0.3) is 0 Å². The third kappa shape index (κ3) is 13.9. The summed E-state index contributed by atoms with van der Waals surface area (Å²) in [6, 6.07) is 170. The van der Waals surface area contributed by atoms with Gasteiger partial charge in [0.05, 0.1) is 50.3 Å². The van der Waals surface area contributed by atoms with Crippen LogP contribution < -0.4 is 14.7 Å². The summed E-state index contributed by atoms with van der Waals surface area (Å²) in [4.78, 5) is 7.38. The molecule has 21 aromatic carbocycles. The van der Waals surface area contributed by atoms with Crippen LogP contribution in [0.4, 0.5) is 51.2 Å². The number of nitrogens with zero attached hydrogens (tertiary/aromatic N) is 3. The fourth-order valence-electron chi connectivity index (χ4n) is 25.5. The summed E-state index contributed by atoms with van der Waals surface area (Å²) in [6.45, 7) is 23.5. The molecule has 0 N–H and O–H groups in total. The molecule has 0 saturated carbocycles. The van der Waals surface area contributed by atoms with E-state index in [0.29, 0.717) is 0 Å². The highest BCUT2D eigenvalue weighted by molar-refractivity contribution is 6.18. The zero-order chi connectivity index (χ0) is 99.1. The smallest absolute Gasteiger partial charge is 0.137 e. The van der Waals surface area contributed by atoms with Crippen molar-refractivity contribution >= 4 is 117 Å². The monoisotopic (exact) mass is 1890 g/mol. The minimum atomic E-state index is -0.182. The fourth-order valence-corrected chi connectivity index (χ4v) is 25.5. The zero-order valence-electron chi connectivity index (χ0n) is 84.0. The SMILES string of the molecule is CC1(C)c2cc(-c3ccccc3)ccc2-c2ccc(N(c3cccc4c3-c3ccccc3C4(C)C)c3cccc4oc5ccccc5c34)cc21.CC1(C)c2ccccc2-c2c(N(c3ccc(-c4ccc(-c5ccccc5)cc4)cc3)c3cccc4oc5ccccc5c34)cccc21.CC1(C)c2ccccc2-c2ccc(-c3ccc(N(c4cccc5c4-c4ccccc4C5(C)C)c4cccc5oc6ccccc6c45)cc3)cc21. The average molecular weight is 1890 g/mol. The molecule has 0 bridgehead atoms. The number of hydrogen-bond donors (Lipinski definition) is 0. The van der Waals surface area contributed by atoms with Crippen LogP contribution in [0.1, 0.15) is 125 Å². The molecule has 0 fully saturated rings. The van der Waals surface area contributed by atoms with E-state index in [-0.39, 0.29) is 27.1 Å². The highest BCUT2D eigenvalue weighted by atomic mass is 16.3. The Morgan fingerprint density at radius 2 is 0.374 bits per heavy atom. The van der Waals surface area contributed by atoms with E-state index in [1.165, 1.54) is 173 Å². The number of fused-ring (bicyclic) bond motifs is 24. The summed E-state index contributed by atoms with van der Waals surface area (Å²) in [7, 11) is 0. The van der Waals surface area contributed by atoms with Crippen molar-refractivity contribution in [3.63, 3.8) is 0 Å². The number of benzene rings is 21. The summed E-state index contributed by atoms with van der Waals surface area (Å²) < 4.78 is 19.3. The first-order valence-electron chi connectivity index (χ1n) is 51.5. The molecule has 5 aliphatic rings. The van der Waals surface area contributed by atoms with Gasteiger partial charge in [-0.05, 0) is 260 Å². The van der Waals surface area contributed by atoms with Crippen molar-refractivity contribution in [3.8, 4) is 100 Å². The van der Waals surface area contributed by atoms with Gasteiger partial charge in [-0.1, -0.05) is 415 Å². The lowest BCUT2D eigenvalue weighted by Crippen LogP contribution is -2.17. The van der Waals surface area contributed by atoms with Gasteiger partial charge in [-0.25, -0.2) is 0 Å². The average Bonchev–Trinajstić information content (AvgIpc) is 1.56. The van der Waals surface area contributed by atoms with E-state index >= 15 is 0 Å². The molecule has 3 aromatic heterocycles. The van der Waals surface area contributed by atoms with Gasteiger partial charge in [0.1, 0.15) is 33.5 Å². The molecule has 0 spiro atoms. The van der Waals surface area contributed by atoms with Crippen LogP contribution in [0.2, 0.25) is 0 Å². The molecule has 0 amide bonds. The van der Waals surface area contributed by atoms with E-state index in [0.717, 1.165) is 99.9 Å². The van der Waals surface area contributed by atoms with Crippen LogP contribution in [0.15, 0.2) is 480 Å². The Morgan fingerprint density at radius 3 is 0.748 bits per heavy atom. The van der Waals surface area contributed by atoms with Crippen molar-refractivity contribution < 1.29 is 13.3 Å². The van der Waals surface area contributed by atoms with Crippen LogP contribution in [0.5, 0.6) is 0 Å². The predicted octanol–water partition coefficient (Wildman–Crippen LogP) is 39.4. The van der Waals surface area contributed by atoms with Crippen LogP contribution in [0.25, 0.3) is 166 Å². The summed E-state index contributed by atoms with van der Waals surface area (Å²) in [6.07, 6.45) is 0. The molecule has 24 aromatic rings. The van der Waals surface area contributed by atoms with Crippen molar-refractivity contribution in [2.24, 2.45) is 0 Å². The molecule has 704 valence electrons. The van der Waals surface area contributed by atoms with E-state index in [1.54, 1.807) is 0 Å². The van der Waals surface area contributed by atoms with E-state index in [2.05, 4.69) is 539 Å². The molecular weight excluding hydrogens is 1780 g/mol. The predicted molar refractivity (Wildman–Crippen MR) is 615 cm³/mol. The second kappa shape index (κ2) is 33.8. The van der Waals surface area contributed by atoms with Crippen LogP contribution >= 0.6 is 0 Å². The largest absolute Gasteiger partial charge is 0.456 e. The standard InChI is InChI=1S/2C48H37NO.C45H33NO/c1-47(2)38-17-9-6-14-35(38)45-39(47)18-11-19-41(45)49(42-20-12-22-44-46(42)36-15-7-10-21-43(36)50-44)32-26-23-30(24-27-32)31-25-28-34-33-13-5-8-16-37(33)48(3,4)40(34)29-31;1-47(2)37-18-10-8-16-35(37)45-38(47)19-12-20-41(45)49(42-21-13-23-44-46(42)36-17-9-11-22-43(36)50-44)32-25-27-34-33-26-24-31(30-14-6-5-7-15-30)28-39(33)48(3,4)40(34)29-32;1-45(2)37-16-8-6-14-35(37)43-38(45)17-10-18-39(43)46(40-19-11-21-42-44(40)36-15-7-9-20-41(36)47-42)34-28-26-33(27-29-34)32-24-22-31(23-25-32)30-12-4-3-5-13-30/h2*5-29H,1-4H3;3-29H,1-2H3. The van der Waals surface area contributed by atoms with Crippen LogP contribution in [0, 0.1) is 0 Å². The van der Waals surface area contributed by atoms with Crippen molar-refractivity contribution in [3.05, 3.63) is 523 Å². The third-order valence-corrected chi connectivity index (χ3v) is 32.9. The fraction of sp³-hybridized carbons (Fsp3) is 0.106. The molecule has 0 aliphatic heterocycles. The van der Waals surface area contributed by atoms with E-state index in [4.69, 9.17) is 13.3 Å². The minimum Gasteiger partial charge on any atom is -0.456 e. The highest BCUT2D eigenvalue weighted by Crippen LogP contribution is 2.62. The Labute approximate surface area is 858 Å². The van der Waals surface area contributed by atoms with Crippen LogP contribution in [-0.2, 0) is 27.1 Å². The molecule has 0 atom stereocenters. The maximum atomic E-state index is 6.47. The Bertz CT molecular complexity index is 9450. The number of furan rings is 3. The van der Waals surface area contributed by atoms with Gasteiger partial charge in [-0.2, -0.15) is 0 Å². The summed E-state index contributed by atoms with van der Waals surface area (Å²) in [5.41, 5.74) is 51.6. The quantitative estimate of drug-likeness (QED) is 0.115. The summed E-state index contributed by atoms with van der Waals surface area (Å²) in [5.74, 6) is 0. The normalized spacial score (nSPS) is 14.2.